The standard InChI is InChI=1S/C13H18N2O/c1-10-4-2-5-11(8-10)13(16)15-12-6-3-7-14-9-12/h2,4-5,8,12,14H,3,6-7,9H2,1H3,(H,15,16)/t12-/m0/s1. The molecule has 1 atom stereocenters. The summed E-state index contributed by atoms with van der Waals surface area (Å²) in [7, 11) is 0. The number of benzene rings is 1. The van der Waals surface area contributed by atoms with Gasteiger partial charge in [0.05, 0.1) is 0 Å². The molecular formula is C13H18N2O. The third-order valence-electron chi connectivity index (χ3n) is 2.91. The molecule has 1 amide bonds. The molecule has 1 aliphatic heterocycles. The van der Waals surface area contributed by atoms with Crippen LogP contribution >= 0.6 is 0 Å². The Morgan fingerprint density at radius 3 is 3.06 bits per heavy atom. The molecule has 0 spiro atoms. The molecule has 2 rings (SSSR count). The average Bonchev–Trinajstić information content (AvgIpc) is 2.30. The quantitative estimate of drug-likeness (QED) is 0.789. The lowest BCUT2D eigenvalue weighted by Gasteiger charge is -2.23. The average molecular weight is 218 g/mol. The van der Waals surface area contributed by atoms with E-state index in [9.17, 15) is 4.79 Å². The van der Waals surface area contributed by atoms with Gasteiger partial charge in [-0.25, -0.2) is 0 Å². The molecule has 1 saturated heterocycles. The summed E-state index contributed by atoms with van der Waals surface area (Å²) in [5, 5.41) is 6.35. The van der Waals surface area contributed by atoms with E-state index in [1.54, 1.807) is 0 Å². The van der Waals surface area contributed by atoms with Crippen LogP contribution in [0.15, 0.2) is 24.3 Å². The fraction of sp³-hybridized carbons (Fsp3) is 0.462. The van der Waals surface area contributed by atoms with Gasteiger partial charge in [0.15, 0.2) is 0 Å². The number of rotatable bonds is 2. The van der Waals surface area contributed by atoms with E-state index in [1.165, 1.54) is 0 Å². The molecule has 0 saturated carbocycles. The first-order valence-corrected chi connectivity index (χ1v) is 5.84. The monoisotopic (exact) mass is 218 g/mol. The summed E-state index contributed by atoms with van der Waals surface area (Å²) >= 11 is 0. The van der Waals surface area contributed by atoms with Gasteiger partial charge in [-0.2, -0.15) is 0 Å². The second-order valence-electron chi connectivity index (χ2n) is 4.39. The molecule has 2 N–H and O–H groups in total. The molecule has 0 bridgehead atoms. The van der Waals surface area contributed by atoms with Gasteiger partial charge in [-0.05, 0) is 38.4 Å². The van der Waals surface area contributed by atoms with Crippen LogP contribution in [0, 0.1) is 6.92 Å². The Hall–Kier alpha value is -1.35. The van der Waals surface area contributed by atoms with Crippen molar-refractivity contribution in [3.63, 3.8) is 0 Å². The molecule has 16 heavy (non-hydrogen) atoms. The Balaban J connectivity index is 1.97. The van der Waals surface area contributed by atoms with E-state index >= 15 is 0 Å². The van der Waals surface area contributed by atoms with Crippen molar-refractivity contribution in [2.24, 2.45) is 0 Å². The lowest BCUT2D eigenvalue weighted by atomic mass is 10.1. The Kier molecular flexibility index (Phi) is 3.57. The van der Waals surface area contributed by atoms with Gasteiger partial charge in [-0.1, -0.05) is 17.7 Å². The number of nitrogens with one attached hydrogen (secondary N) is 2. The van der Waals surface area contributed by atoms with E-state index in [0.717, 1.165) is 37.1 Å². The molecule has 3 nitrogen and oxygen atoms in total. The van der Waals surface area contributed by atoms with Crippen LogP contribution in [0.1, 0.15) is 28.8 Å². The highest BCUT2D eigenvalue weighted by atomic mass is 16.1. The number of amides is 1. The number of carbonyl (C=O) groups excluding carboxylic acids is 1. The molecule has 1 aromatic carbocycles. The molecular weight excluding hydrogens is 200 g/mol. The van der Waals surface area contributed by atoms with E-state index in [1.807, 2.05) is 31.2 Å². The van der Waals surface area contributed by atoms with Crippen molar-refractivity contribution >= 4 is 5.91 Å². The van der Waals surface area contributed by atoms with Crippen molar-refractivity contribution in [2.75, 3.05) is 13.1 Å². The molecule has 1 aromatic rings. The maximum Gasteiger partial charge on any atom is 0.251 e. The maximum absolute atomic E-state index is 11.9. The third kappa shape index (κ3) is 2.83. The number of aryl methyl sites for hydroxylation is 1. The van der Waals surface area contributed by atoms with Gasteiger partial charge in [0.1, 0.15) is 0 Å². The van der Waals surface area contributed by atoms with Crippen LogP contribution < -0.4 is 10.6 Å². The Labute approximate surface area is 96.2 Å². The van der Waals surface area contributed by atoms with Gasteiger partial charge in [0, 0.05) is 18.2 Å². The van der Waals surface area contributed by atoms with Gasteiger partial charge < -0.3 is 10.6 Å². The highest BCUT2D eigenvalue weighted by molar-refractivity contribution is 5.94. The van der Waals surface area contributed by atoms with E-state index in [0.29, 0.717) is 0 Å². The summed E-state index contributed by atoms with van der Waals surface area (Å²) in [5.74, 6) is 0.0393. The second kappa shape index (κ2) is 5.12. The van der Waals surface area contributed by atoms with Crippen molar-refractivity contribution in [1.29, 1.82) is 0 Å². The SMILES string of the molecule is Cc1cccc(C(=O)N[C@H]2CCCNC2)c1. The summed E-state index contributed by atoms with van der Waals surface area (Å²) in [6.07, 6.45) is 2.21. The van der Waals surface area contributed by atoms with Crippen LogP contribution in [-0.4, -0.2) is 25.0 Å². The van der Waals surface area contributed by atoms with Crippen LogP contribution in [0.2, 0.25) is 0 Å². The Morgan fingerprint density at radius 1 is 1.50 bits per heavy atom. The lowest BCUT2D eigenvalue weighted by Crippen LogP contribution is -2.45. The lowest BCUT2D eigenvalue weighted by molar-refractivity contribution is 0.0930. The number of piperidine rings is 1. The molecule has 0 unspecified atom stereocenters. The smallest absolute Gasteiger partial charge is 0.251 e. The third-order valence-corrected chi connectivity index (χ3v) is 2.91. The van der Waals surface area contributed by atoms with E-state index < -0.39 is 0 Å². The molecule has 1 heterocycles. The molecule has 0 aliphatic carbocycles. The first-order valence-electron chi connectivity index (χ1n) is 5.84. The van der Waals surface area contributed by atoms with Gasteiger partial charge in [0.25, 0.3) is 5.91 Å². The van der Waals surface area contributed by atoms with Crippen LogP contribution in [0.3, 0.4) is 0 Å². The number of carbonyl (C=O) groups is 1. The van der Waals surface area contributed by atoms with E-state index in [-0.39, 0.29) is 11.9 Å². The first kappa shape index (κ1) is 11.1. The predicted octanol–water partition coefficient (Wildman–Crippen LogP) is 1.48. The molecule has 0 radical (unpaired) electrons. The highest BCUT2D eigenvalue weighted by Gasteiger charge is 2.15. The van der Waals surface area contributed by atoms with Crippen molar-refractivity contribution in [2.45, 2.75) is 25.8 Å². The maximum atomic E-state index is 11.9. The summed E-state index contributed by atoms with van der Waals surface area (Å²) in [6, 6.07) is 7.98. The minimum Gasteiger partial charge on any atom is -0.348 e. The number of hydrogen-bond donors (Lipinski definition) is 2. The molecule has 86 valence electrons. The zero-order chi connectivity index (χ0) is 11.4. The highest BCUT2D eigenvalue weighted by Crippen LogP contribution is 2.06. The molecule has 1 aliphatic rings. The minimum absolute atomic E-state index is 0.0393. The van der Waals surface area contributed by atoms with Crippen molar-refractivity contribution in [3.05, 3.63) is 35.4 Å². The van der Waals surface area contributed by atoms with Crippen LogP contribution in [0.5, 0.6) is 0 Å². The van der Waals surface area contributed by atoms with Crippen LogP contribution in [-0.2, 0) is 0 Å². The predicted molar refractivity (Wildman–Crippen MR) is 64.5 cm³/mol. The van der Waals surface area contributed by atoms with Crippen LogP contribution in [0.25, 0.3) is 0 Å². The van der Waals surface area contributed by atoms with E-state index in [4.69, 9.17) is 0 Å². The van der Waals surface area contributed by atoms with Gasteiger partial charge in [-0.3, -0.25) is 4.79 Å². The number of hydrogen-bond acceptors (Lipinski definition) is 2. The Morgan fingerprint density at radius 2 is 2.38 bits per heavy atom. The topological polar surface area (TPSA) is 41.1 Å². The largest absolute Gasteiger partial charge is 0.348 e. The molecule has 0 aromatic heterocycles. The van der Waals surface area contributed by atoms with Crippen molar-refractivity contribution < 1.29 is 4.79 Å². The van der Waals surface area contributed by atoms with Gasteiger partial charge >= 0.3 is 0 Å². The van der Waals surface area contributed by atoms with E-state index in [2.05, 4.69) is 10.6 Å². The molecule has 1 fully saturated rings. The van der Waals surface area contributed by atoms with Gasteiger partial charge in [0.2, 0.25) is 0 Å². The first-order chi connectivity index (χ1) is 7.75. The van der Waals surface area contributed by atoms with Crippen molar-refractivity contribution in [3.8, 4) is 0 Å². The summed E-state index contributed by atoms with van der Waals surface area (Å²) < 4.78 is 0. The second-order valence-corrected chi connectivity index (χ2v) is 4.39. The van der Waals surface area contributed by atoms with Gasteiger partial charge in [-0.15, -0.1) is 0 Å². The minimum atomic E-state index is 0.0393. The summed E-state index contributed by atoms with van der Waals surface area (Å²) in [6.45, 7) is 3.95. The zero-order valence-electron chi connectivity index (χ0n) is 9.62. The fourth-order valence-electron chi connectivity index (χ4n) is 2.03. The zero-order valence-corrected chi connectivity index (χ0v) is 9.62. The summed E-state index contributed by atoms with van der Waals surface area (Å²) in [4.78, 5) is 11.9. The summed E-state index contributed by atoms with van der Waals surface area (Å²) in [5.41, 5.74) is 1.87. The molecule has 3 heteroatoms. The van der Waals surface area contributed by atoms with Crippen molar-refractivity contribution in [1.82, 2.24) is 10.6 Å². The van der Waals surface area contributed by atoms with Crippen LogP contribution in [0.4, 0.5) is 0 Å². The fourth-order valence-corrected chi connectivity index (χ4v) is 2.03. The Bertz CT molecular complexity index is 370. The normalized spacial score (nSPS) is 20.4.